The van der Waals surface area contributed by atoms with Crippen LogP contribution in [0.5, 0.6) is 0 Å². The lowest BCUT2D eigenvalue weighted by Gasteiger charge is -2.44. The number of rotatable bonds is 6. The summed E-state index contributed by atoms with van der Waals surface area (Å²) in [6, 6.07) is 27.7. The molecule has 4 heteroatoms. The van der Waals surface area contributed by atoms with E-state index in [1.54, 1.807) is 0 Å². The van der Waals surface area contributed by atoms with Crippen molar-refractivity contribution in [3.05, 3.63) is 84.4 Å². The Morgan fingerprint density at radius 2 is 1.57 bits per heavy atom. The molecule has 154 valence electrons. The van der Waals surface area contributed by atoms with Crippen molar-refractivity contribution in [3.8, 4) is 22.3 Å². The normalized spacial score (nSPS) is 19.5. The minimum atomic E-state index is -0.768. The Morgan fingerprint density at radius 3 is 2.27 bits per heavy atom. The second-order valence-corrected chi connectivity index (χ2v) is 8.31. The van der Waals surface area contributed by atoms with E-state index in [9.17, 15) is 9.90 Å². The molecule has 3 aromatic carbocycles. The van der Waals surface area contributed by atoms with Crippen molar-refractivity contribution in [2.75, 3.05) is 26.2 Å². The fraction of sp³-hybridized carbons (Fsp3) is 0.269. The van der Waals surface area contributed by atoms with Crippen molar-refractivity contribution < 1.29 is 9.90 Å². The number of carboxylic acid groups (broad SMARTS) is 1. The first-order valence-electron chi connectivity index (χ1n) is 10.5. The van der Waals surface area contributed by atoms with Crippen molar-refractivity contribution in [1.29, 1.82) is 0 Å². The monoisotopic (exact) mass is 400 g/mol. The first-order valence-corrected chi connectivity index (χ1v) is 10.5. The number of benzene rings is 3. The Morgan fingerprint density at radius 1 is 0.933 bits per heavy atom. The van der Waals surface area contributed by atoms with E-state index in [1.807, 2.05) is 6.07 Å². The highest BCUT2D eigenvalue weighted by Gasteiger charge is 2.35. The first kappa shape index (κ1) is 20.3. The summed E-state index contributed by atoms with van der Waals surface area (Å²) in [6.07, 6.45) is 0.809. The van der Waals surface area contributed by atoms with Crippen molar-refractivity contribution in [2.45, 2.75) is 18.9 Å². The molecule has 30 heavy (non-hydrogen) atoms. The standard InChI is InChI=1S/C26H28N2O2/c1-26(19-27-14-15-28(26)18-25(29)30)17-20-6-5-9-24(16-20)23-12-10-22(11-13-23)21-7-3-2-4-8-21/h2-13,16,27H,14-15,17-19H2,1H3,(H,29,30)/t26-/m1/s1. The van der Waals surface area contributed by atoms with E-state index in [-0.39, 0.29) is 12.1 Å². The van der Waals surface area contributed by atoms with Crippen molar-refractivity contribution in [1.82, 2.24) is 10.2 Å². The summed E-state index contributed by atoms with van der Waals surface area (Å²) in [4.78, 5) is 13.4. The predicted molar refractivity (Wildman–Crippen MR) is 122 cm³/mol. The van der Waals surface area contributed by atoms with E-state index in [1.165, 1.54) is 27.8 Å². The average molecular weight is 401 g/mol. The number of hydrogen-bond donors (Lipinski definition) is 2. The van der Waals surface area contributed by atoms with Crippen LogP contribution in [0.2, 0.25) is 0 Å². The zero-order valence-electron chi connectivity index (χ0n) is 17.3. The molecule has 1 saturated heterocycles. The zero-order valence-corrected chi connectivity index (χ0v) is 17.3. The maximum atomic E-state index is 11.3. The van der Waals surface area contributed by atoms with Crippen LogP contribution in [-0.4, -0.2) is 47.7 Å². The van der Waals surface area contributed by atoms with Gasteiger partial charge in [-0.15, -0.1) is 0 Å². The highest BCUT2D eigenvalue weighted by molar-refractivity contribution is 5.71. The van der Waals surface area contributed by atoms with Gasteiger partial charge in [0, 0.05) is 25.2 Å². The largest absolute Gasteiger partial charge is 0.480 e. The van der Waals surface area contributed by atoms with E-state index in [0.29, 0.717) is 0 Å². The van der Waals surface area contributed by atoms with Gasteiger partial charge in [0.1, 0.15) is 0 Å². The second kappa shape index (κ2) is 8.82. The third-order valence-electron chi connectivity index (χ3n) is 5.99. The molecule has 2 N–H and O–H groups in total. The van der Waals surface area contributed by atoms with Gasteiger partial charge in [-0.3, -0.25) is 9.69 Å². The van der Waals surface area contributed by atoms with E-state index < -0.39 is 5.97 Å². The molecule has 0 radical (unpaired) electrons. The summed E-state index contributed by atoms with van der Waals surface area (Å²) >= 11 is 0. The molecule has 0 spiro atoms. The summed E-state index contributed by atoms with van der Waals surface area (Å²) in [5, 5.41) is 12.7. The van der Waals surface area contributed by atoms with Gasteiger partial charge in [-0.2, -0.15) is 0 Å². The maximum Gasteiger partial charge on any atom is 0.317 e. The molecule has 0 aromatic heterocycles. The van der Waals surface area contributed by atoms with Crippen LogP contribution in [0.4, 0.5) is 0 Å². The minimum Gasteiger partial charge on any atom is -0.480 e. The fourth-order valence-corrected chi connectivity index (χ4v) is 4.35. The van der Waals surface area contributed by atoms with Gasteiger partial charge in [0.05, 0.1) is 6.54 Å². The first-order chi connectivity index (χ1) is 14.5. The van der Waals surface area contributed by atoms with Crippen LogP contribution in [0.25, 0.3) is 22.3 Å². The summed E-state index contributed by atoms with van der Waals surface area (Å²) in [7, 11) is 0. The van der Waals surface area contributed by atoms with Crippen molar-refractivity contribution in [2.24, 2.45) is 0 Å². The Hall–Kier alpha value is -2.95. The molecular weight excluding hydrogens is 372 g/mol. The van der Waals surface area contributed by atoms with Crippen LogP contribution in [0.1, 0.15) is 12.5 Å². The van der Waals surface area contributed by atoms with Crippen LogP contribution >= 0.6 is 0 Å². The minimum absolute atomic E-state index is 0.0822. The Kier molecular flexibility index (Phi) is 5.98. The lowest BCUT2D eigenvalue weighted by atomic mass is 9.88. The molecule has 0 unspecified atom stereocenters. The van der Waals surface area contributed by atoms with E-state index in [2.05, 4.69) is 89.9 Å². The number of carbonyl (C=O) groups is 1. The molecular formula is C26H28N2O2. The van der Waals surface area contributed by atoms with Gasteiger partial charge < -0.3 is 10.4 Å². The highest BCUT2D eigenvalue weighted by Crippen LogP contribution is 2.28. The van der Waals surface area contributed by atoms with E-state index >= 15 is 0 Å². The van der Waals surface area contributed by atoms with E-state index in [0.717, 1.165) is 26.1 Å². The third kappa shape index (κ3) is 4.61. The summed E-state index contributed by atoms with van der Waals surface area (Å²) in [6.45, 7) is 4.61. The number of carboxylic acids is 1. The predicted octanol–water partition coefficient (Wildman–Crippen LogP) is 4.31. The number of aliphatic carboxylic acids is 1. The van der Waals surface area contributed by atoms with Gasteiger partial charge in [-0.05, 0) is 41.2 Å². The Bertz CT molecular complexity index is 1000. The third-order valence-corrected chi connectivity index (χ3v) is 5.99. The van der Waals surface area contributed by atoms with Gasteiger partial charge >= 0.3 is 5.97 Å². The Labute approximate surface area is 178 Å². The van der Waals surface area contributed by atoms with Gasteiger partial charge in [0.2, 0.25) is 0 Å². The topological polar surface area (TPSA) is 52.6 Å². The lowest BCUT2D eigenvalue weighted by molar-refractivity contribution is -0.140. The molecule has 0 saturated carbocycles. The molecule has 1 aliphatic rings. The highest BCUT2D eigenvalue weighted by atomic mass is 16.4. The van der Waals surface area contributed by atoms with Crippen molar-refractivity contribution in [3.63, 3.8) is 0 Å². The maximum absolute atomic E-state index is 11.3. The van der Waals surface area contributed by atoms with Gasteiger partial charge in [-0.25, -0.2) is 0 Å². The molecule has 1 heterocycles. The van der Waals surface area contributed by atoms with Crippen LogP contribution in [0.3, 0.4) is 0 Å². The van der Waals surface area contributed by atoms with Gasteiger partial charge in [0.15, 0.2) is 0 Å². The molecule has 1 fully saturated rings. The van der Waals surface area contributed by atoms with Crippen LogP contribution in [0, 0.1) is 0 Å². The number of nitrogens with zero attached hydrogens (tertiary/aromatic N) is 1. The van der Waals surface area contributed by atoms with Crippen LogP contribution in [-0.2, 0) is 11.2 Å². The van der Waals surface area contributed by atoms with Gasteiger partial charge in [-0.1, -0.05) is 78.9 Å². The van der Waals surface area contributed by atoms with Crippen LogP contribution < -0.4 is 5.32 Å². The van der Waals surface area contributed by atoms with Gasteiger partial charge in [0.25, 0.3) is 0 Å². The summed E-state index contributed by atoms with van der Waals surface area (Å²) in [5.41, 5.74) is 5.80. The molecule has 3 aromatic rings. The molecule has 1 atom stereocenters. The molecule has 0 amide bonds. The average Bonchev–Trinajstić information content (AvgIpc) is 2.76. The second-order valence-electron chi connectivity index (χ2n) is 8.31. The van der Waals surface area contributed by atoms with Crippen LogP contribution in [0.15, 0.2) is 78.9 Å². The summed E-state index contributed by atoms with van der Waals surface area (Å²) in [5.74, 6) is -0.768. The molecule has 0 bridgehead atoms. The fourth-order valence-electron chi connectivity index (χ4n) is 4.35. The Balaban J connectivity index is 1.54. The molecule has 1 aliphatic heterocycles. The summed E-state index contributed by atoms with van der Waals surface area (Å²) < 4.78 is 0. The molecule has 0 aliphatic carbocycles. The molecule has 4 rings (SSSR count). The zero-order chi connectivity index (χ0) is 21.0. The van der Waals surface area contributed by atoms with E-state index in [4.69, 9.17) is 0 Å². The van der Waals surface area contributed by atoms with Crippen molar-refractivity contribution >= 4 is 5.97 Å². The number of hydrogen-bond acceptors (Lipinski definition) is 3. The smallest absolute Gasteiger partial charge is 0.317 e. The SMILES string of the molecule is C[C@@]1(Cc2cccc(-c3ccc(-c4ccccc4)cc3)c2)CNCCN1CC(=O)O. The quantitative estimate of drug-likeness (QED) is 0.647. The number of piperazine rings is 1. The number of nitrogens with one attached hydrogen (secondary N) is 1. The molecule has 4 nitrogen and oxygen atoms in total. The lowest BCUT2D eigenvalue weighted by Crippen LogP contribution is -2.61.